The number of rotatable bonds is 3. The van der Waals surface area contributed by atoms with E-state index in [1.165, 1.54) is 5.56 Å². The average molecular weight is 261 g/mol. The van der Waals surface area contributed by atoms with E-state index in [9.17, 15) is 4.79 Å². The summed E-state index contributed by atoms with van der Waals surface area (Å²) in [4.78, 5) is 13.4. The zero-order chi connectivity index (χ0) is 13.4. The lowest BCUT2D eigenvalue weighted by molar-refractivity contribution is -0.146. The quantitative estimate of drug-likeness (QED) is 0.906. The summed E-state index contributed by atoms with van der Waals surface area (Å²) >= 11 is 0. The summed E-state index contributed by atoms with van der Waals surface area (Å²) in [6.45, 7) is 4.32. The fraction of sp³-hybridized carbons (Fsp3) is 0.533. The molecule has 2 aliphatic heterocycles. The molecule has 1 fully saturated rings. The third kappa shape index (κ3) is 2.21. The van der Waals surface area contributed by atoms with Gasteiger partial charge < -0.3 is 9.84 Å². The Hall–Kier alpha value is -1.55. The third-order valence-electron chi connectivity index (χ3n) is 4.40. The van der Waals surface area contributed by atoms with Crippen molar-refractivity contribution >= 4 is 5.97 Å². The lowest BCUT2D eigenvalue weighted by Gasteiger charge is -2.47. The van der Waals surface area contributed by atoms with Gasteiger partial charge in [-0.05, 0) is 12.0 Å². The fourth-order valence-corrected chi connectivity index (χ4v) is 3.02. The van der Waals surface area contributed by atoms with Crippen LogP contribution >= 0.6 is 0 Å². The summed E-state index contributed by atoms with van der Waals surface area (Å²) in [5.41, 5.74) is 1.25. The van der Waals surface area contributed by atoms with Gasteiger partial charge in [0.05, 0.1) is 12.5 Å². The lowest BCUT2D eigenvalue weighted by atomic mass is 9.84. The second kappa shape index (κ2) is 4.85. The van der Waals surface area contributed by atoms with Crippen molar-refractivity contribution < 1.29 is 14.6 Å². The molecule has 2 heterocycles. The fourth-order valence-electron chi connectivity index (χ4n) is 3.02. The molecule has 0 aliphatic carbocycles. The van der Waals surface area contributed by atoms with Gasteiger partial charge >= 0.3 is 5.97 Å². The minimum Gasteiger partial charge on any atom is -0.493 e. The first-order chi connectivity index (χ1) is 9.16. The van der Waals surface area contributed by atoms with E-state index < -0.39 is 5.97 Å². The van der Waals surface area contributed by atoms with Crippen LogP contribution in [0.2, 0.25) is 0 Å². The molecule has 2 unspecified atom stereocenters. The molecule has 0 saturated carbocycles. The predicted molar refractivity (Wildman–Crippen MR) is 71.2 cm³/mol. The molecule has 0 spiro atoms. The molecule has 102 valence electrons. The van der Waals surface area contributed by atoms with E-state index in [0.29, 0.717) is 6.04 Å². The van der Waals surface area contributed by atoms with Crippen LogP contribution in [0, 0.1) is 11.8 Å². The minimum atomic E-state index is -0.683. The molecule has 0 amide bonds. The molecule has 2 aliphatic rings. The highest BCUT2D eigenvalue weighted by Crippen LogP contribution is 2.40. The minimum absolute atomic E-state index is 0.244. The van der Waals surface area contributed by atoms with Crippen LogP contribution in [0.3, 0.4) is 0 Å². The number of benzene rings is 1. The maximum atomic E-state index is 11.0. The summed E-state index contributed by atoms with van der Waals surface area (Å²) in [7, 11) is 0. The van der Waals surface area contributed by atoms with Gasteiger partial charge in [-0.2, -0.15) is 0 Å². The maximum Gasteiger partial charge on any atom is 0.306 e. The number of hydrogen-bond donors (Lipinski definition) is 1. The van der Waals surface area contributed by atoms with Crippen molar-refractivity contribution in [2.24, 2.45) is 11.8 Å². The van der Waals surface area contributed by atoms with Gasteiger partial charge in [0.15, 0.2) is 0 Å². The van der Waals surface area contributed by atoms with E-state index in [0.717, 1.165) is 31.9 Å². The van der Waals surface area contributed by atoms with Crippen molar-refractivity contribution in [3.05, 3.63) is 29.8 Å². The molecule has 0 bridgehead atoms. The largest absolute Gasteiger partial charge is 0.493 e. The summed E-state index contributed by atoms with van der Waals surface area (Å²) in [5.74, 6) is 0.337. The van der Waals surface area contributed by atoms with E-state index in [1.54, 1.807) is 0 Å². The van der Waals surface area contributed by atoms with E-state index in [4.69, 9.17) is 9.84 Å². The highest BCUT2D eigenvalue weighted by molar-refractivity contribution is 5.70. The molecular weight excluding hydrogens is 242 g/mol. The van der Waals surface area contributed by atoms with Crippen LogP contribution in [-0.2, 0) is 4.79 Å². The second-order valence-corrected chi connectivity index (χ2v) is 5.53. The van der Waals surface area contributed by atoms with Crippen molar-refractivity contribution in [3.63, 3.8) is 0 Å². The normalized spacial score (nSPS) is 25.0. The van der Waals surface area contributed by atoms with Gasteiger partial charge in [0, 0.05) is 31.1 Å². The van der Waals surface area contributed by atoms with Crippen molar-refractivity contribution in [3.8, 4) is 5.75 Å². The number of likely N-dealkylation sites (tertiary alicyclic amines) is 1. The van der Waals surface area contributed by atoms with Crippen molar-refractivity contribution in [2.75, 3.05) is 19.7 Å². The molecule has 0 radical (unpaired) electrons. The monoisotopic (exact) mass is 261 g/mol. The van der Waals surface area contributed by atoms with Crippen LogP contribution in [0.4, 0.5) is 0 Å². The zero-order valence-corrected chi connectivity index (χ0v) is 11.1. The van der Waals surface area contributed by atoms with Gasteiger partial charge in [-0.15, -0.1) is 0 Å². The van der Waals surface area contributed by atoms with Crippen LogP contribution in [0.15, 0.2) is 24.3 Å². The number of fused-ring (bicyclic) bond motifs is 1. The Labute approximate surface area is 113 Å². The van der Waals surface area contributed by atoms with Gasteiger partial charge in [-0.3, -0.25) is 9.69 Å². The summed E-state index contributed by atoms with van der Waals surface area (Å²) < 4.78 is 5.66. The predicted octanol–water partition coefficient (Wildman–Crippen LogP) is 2.16. The Balaban J connectivity index is 1.68. The summed E-state index contributed by atoms with van der Waals surface area (Å²) in [6, 6.07) is 8.55. The molecule has 4 nitrogen and oxygen atoms in total. The van der Waals surface area contributed by atoms with Crippen LogP contribution in [-0.4, -0.2) is 35.7 Å². The average Bonchev–Trinajstić information content (AvgIpc) is 2.37. The number of aliphatic carboxylic acids is 1. The van der Waals surface area contributed by atoms with Crippen LogP contribution < -0.4 is 4.74 Å². The van der Waals surface area contributed by atoms with E-state index in [1.807, 2.05) is 25.1 Å². The first-order valence-electron chi connectivity index (χ1n) is 6.85. The maximum absolute atomic E-state index is 11.0. The second-order valence-electron chi connectivity index (χ2n) is 5.53. The molecule has 1 N–H and O–H groups in total. The SMILES string of the molecule is CC(C(=O)O)C1CN(C2CCOc3ccccc32)C1. The Bertz CT molecular complexity index is 482. The molecule has 2 atom stereocenters. The van der Waals surface area contributed by atoms with E-state index in [-0.39, 0.29) is 11.8 Å². The number of carbonyl (C=O) groups is 1. The molecular formula is C15H19NO3. The Morgan fingerprint density at radius 3 is 2.89 bits per heavy atom. The molecule has 1 saturated heterocycles. The summed E-state index contributed by atoms with van der Waals surface area (Å²) in [5, 5.41) is 9.03. The van der Waals surface area contributed by atoms with Gasteiger partial charge in [-0.25, -0.2) is 0 Å². The first-order valence-corrected chi connectivity index (χ1v) is 6.85. The number of ether oxygens (including phenoxy) is 1. The Morgan fingerprint density at radius 2 is 2.16 bits per heavy atom. The van der Waals surface area contributed by atoms with Crippen LogP contribution in [0.25, 0.3) is 0 Å². The van der Waals surface area contributed by atoms with Gasteiger partial charge in [0.1, 0.15) is 5.75 Å². The Morgan fingerprint density at radius 1 is 1.42 bits per heavy atom. The highest BCUT2D eigenvalue weighted by Gasteiger charge is 2.39. The molecule has 3 rings (SSSR count). The van der Waals surface area contributed by atoms with Crippen molar-refractivity contribution in [1.29, 1.82) is 0 Å². The first kappa shape index (κ1) is 12.5. The van der Waals surface area contributed by atoms with Crippen molar-refractivity contribution in [2.45, 2.75) is 19.4 Å². The zero-order valence-electron chi connectivity index (χ0n) is 11.1. The smallest absolute Gasteiger partial charge is 0.306 e. The third-order valence-corrected chi connectivity index (χ3v) is 4.40. The standard InChI is InChI=1S/C15H19NO3/c1-10(15(17)18)11-8-16(9-11)13-6-7-19-14-5-3-2-4-12(13)14/h2-5,10-11,13H,6-9H2,1H3,(H,17,18). The molecule has 1 aromatic carbocycles. The van der Waals surface area contributed by atoms with E-state index in [2.05, 4.69) is 11.0 Å². The number of carboxylic acids is 1. The molecule has 1 aromatic rings. The van der Waals surface area contributed by atoms with Crippen molar-refractivity contribution in [1.82, 2.24) is 4.90 Å². The molecule has 19 heavy (non-hydrogen) atoms. The topological polar surface area (TPSA) is 49.8 Å². The Kier molecular flexibility index (Phi) is 3.19. The van der Waals surface area contributed by atoms with Crippen LogP contribution in [0.1, 0.15) is 24.9 Å². The van der Waals surface area contributed by atoms with Crippen LogP contribution in [0.5, 0.6) is 5.75 Å². The highest BCUT2D eigenvalue weighted by atomic mass is 16.5. The number of para-hydroxylation sites is 1. The molecule has 0 aromatic heterocycles. The van der Waals surface area contributed by atoms with Gasteiger partial charge in [0.25, 0.3) is 0 Å². The summed E-state index contributed by atoms with van der Waals surface area (Å²) in [6.07, 6.45) is 0.991. The van der Waals surface area contributed by atoms with Gasteiger partial charge in [-0.1, -0.05) is 25.1 Å². The van der Waals surface area contributed by atoms with E-state index >= 15 is 0 Å². The number of hydrogen-bond acceptors (Lipinski definition) is 3. The van der Waals surface area contributed by atoms with Gasteiger partial charge in [0.2, 0.25) is 0 Å². The molecule has 4 heteroatoms. The lowest BCUT2D eigenvalue weighted by Crippen LogP contribution is -2.52. The number of carboxylic acid groups (broad SMARTS) is 1. The number of nitrogens with zero attached hydrogens (tertiary/aromatic N) is 1.